The summed E-state index contributed by atoms with van der Waals surface area (Å²) in [6.45, 7) is 3.77. The maximum absolute atomic E-state index is 3.77. The second-order valence-electron chi connectivity index (χ2n) is 2.51. The number of rotatable bonds is 3. The minimum atomic E-state index is 1.17. The van der Waals surface area contributed by atoms with Crippen LogP contribution in [0, 0.1) is 0 Å². The molecule has 1 aromatic carbocycles. The second-order valence-corrected chi connectivity index (χ2v) is 3.23. The van der Waals surface area contributed by atoms with Crippen LogP contribution in [0.5, 0.6) is 0 Å². The van der Waals surface area contributed by atoms with Gasteiger partial charge in [-0.1, -0.05) is 77.7 Å². The first-order valence-corrected chi connectivity index (χ1v) is 5.28. The summed E-state index contributed by atoms with van der Waals surface area (Å²) in [5.41, 5.74) is 2.37. The average Bonchev–Trinajstić information content (AvgIpc) is 2.19. The summed E-state index contributed by atoms with van der Waals surface area (Å²) in [4.78, 5) is 0. The van der Waals surface area contributed by atoms with Crippen LogP contribution in [0.15, 0.2) is 47.1 Å². The molecule has 1 heteroatoms. The third kappa shape index (κ3) is 3.19. The van der Waals surface area contributed by atoms with Crippen molar-refractivity contribution in [1.82, 2.24) is 0 Å². The Bertz CT molecular complexity index is 335. The Morgan fingerprint density at radius 2 is 1.77 bits per heavy atom. The van der Waals surface area contributed by atoms with Gasteiger partial charge in [-0.3, -0.25) is 0 Å². The summed E-state index contributed by atoms with van der Waals surface area (Å²) in [5, 5.41) is 0. The zero-order valence-corrected chi connectivity index (χ0v) is 9.44. The molecule has 66 valence electrons. The molecule has 0 amide bonds. The molecular formula is C12H11I. The molecule has 0 nitrogen and oxygen atoms in total. The van der Waals surface area contributed by atoms with Crippen molar-refractivity contribution in [2.24, 2.45) is 0 Å². The first-order valence-electron chi connectivity index (χ1n) is 4.03. The molecule has 0 bridgehead atoms. The fraction of sp³-hybridized carbons (Fsp3) is 0. The molecule has 0 aliphatic rings. The van der Waals surface area contributed by atoms with Gasteiger partial charge in [0, 0.05) is 0 Å². The van der Waals surface area contributed by atoms with Gasteiger partial charge in [0.2, 0.25) is 0 Å². The highest BCUT2D eigenvalue weighted by Gasteiger charge is 1.90. The Morgan fingerprint density at radius 1 is 1.08 bits per heavy atom. The maximum Gasteiger partial charge on any atom is -0.0184 e. The Labute approximate surface area is 92.8 Å². The van der Waals surface area contributed by atoms with Gasteiger partial charge in [0.25, 0.3) is 0 Å². The lowest BCUT2D eigenvalue weighted by atomic mass is 10.1. The first-order chi connectivity index (χ1) is 6.38. The average molecular weight is 282 g/mol. The van der Waals surface area contributed by atoms with E-state index in [0.29, 0.717) is 0 Å². The number of benzene rings is 1. The molecule has 0 saturated carbocycles. The first kappa shape index (κ1) is 10.3. The predicted octanol–water partition coefficient (Wildman–Crippen LogP) is 4.29. The molecule has 0 aliphatic carbocycles. The summed E-state index contributed by atoms with van der Waals surface area (Å²) in [5.74, 6) is 0. The third-order valence-electron chi connectivity index (χ3n) is 1.68. The molecule has 0 N–H and O–H groups in total. The van der Waals surface area contributed by atoms with E-state index in [9.17, 15) is 0 Å². The third-order valence-corrected chi connectivity index (χ3v) is 2.09. The van der Waals surface area contributed by atoms with E-state index in [1.807, 2.05) is 34.4 Å². The minimum Gasteiger partial charge on any atom is -0.0984 e. The highest BCUT2D eigenvalue weighted by atomic mass is 127. The van der Waals surface area contributed by atoms with Crippen LogP contribution in [0.25, 0.3) is 12.2 Å². The highest BCUT2D eigenvalue weighted by Crippen LogP contribution is 2.11. The number of hydrogen-bond donors (Lipinski definition) is 0. The molecule has 0 aliphatic heterocycles. The second kappa shape index (κ2) is 5.75. The summed E-state index contributed by atoms with van der Waals surface area (Å²) in [7, 11) is 0. The molecule has 0 heterocycles. The van der Waals surface area contributed by atoms with Crippen LogP contribution in [0.3, 0.4) is 0 Å². The van der Waals surface area contributed by atoms with Gasteiger partial charge in [0.1, 0.15) is 0 Å². The Morgan fingerprint density at radius 3 is 2.38 bits per heavy atom. The number of halogens is 1. The lowest BCUT2D eigenvalue weighted by molar-refractivity contribution is 1.61. The van der Waals surface area contributed by atoms with E-state index in [-0.39, 0.29) is 0 Å². The number of allylic oxidation sites excluding steroid dienone is 2. The smallest absolute Gasteiger partial charge is 0.0184 e. The van der Waals surface area contributed by atoms with Crippen LogP contribution in [0.2, 0.25) is 0 Å². The topological polar surface area (TPSA) is 0 Å². The lowest BCUT2D eigenvalue weighted by Crippen LogP contribution is -1.77. The Balaban J connectivity index is 2.93. The van der Waals surface area contributed by atoms with Crippen LogP contribution >= 0.6 is 22.6 Å². The molecule has 1 aromatic rings. The van der Waals surface area contributed by atoms with Crippen LogP contribution in [0.4, 0.5) is 0 Å². The van der Waals surface area contributed by atoms with Crippen molar-refractivity contribution in [3.05, 3.63) is 58.2 Å². The van der Waals surface area contributed by atoms with Crippen molar-refractivity contribution in [2.45, 2.75) is 0 Å². The van der Waals surface area contributed by atoms with E-state index < -0.39 is 0 Å². The number of hydrogen-bond acceptors (Lipinski definition) is 0. The van der Waals surface area contributed by atoms with E-state index >= 15 is 0 Å². The molecule has 0 atom stereocenters. The predicted molar refractivity (Wildman–Crippen MR) is 68.7 cm³/mol. The van der Waals surface area contributed by atoms with Crippen LogP contribution in [-0.2, 0) is 0 Å². The van der Waals surface area contributed by atoms with Gasteiger partial charge >= 0.3 is 0 Å². The van der Waals surface area contributed by atoms with Gasteiger partial charge in [-0.05, 0) is 15.2 Å². The maximum atomic E-state index is 3.77. The zero-order valence-electron chi connectivity index (χ0n) is 7.28. The van der Waals surface area contributed by atoms with Crippen LogP contribution < -0.4 is 0 Å². The van der Waals surface area contributed by atoms with Crippen molar-refractivity contribution in [1.29, 1.82) is 0 Å². The van der Waals surface area contributed by atoms with Gasteiger partial charge in [0.15, 0.2) is 0 Å². The van der Waals surface area contributed by atoms with Crippen molar-refractivity contribution < 1.29 is 0 Å². The molecule has 0 saturated heterocycles. The molecule has 1 rings (SSSR count). The zero-order chi connectivity index (χ0) is 9.52. The standard InChI is InChI=1S/C12H11I/c1-2-11-7-3-4-8-12(11)9-5-6-10-13/h2-10H,1H2/b9-5-,10-6+. The molecule has 0 aromatic heterocycles. The van der Waals surface area contributed by atoms with Gasteiger partial charge in [0.05, 0.1) is 0 Å². The highest BCUT2D eigenvalue weighted by molar-refractivity contribution is 14.1. The summed E-state index contributed by atoms with van der Waals surface area (Å²) in [6, 6.07) is 8.18. The van der Waals surface area contributed by atoms with Crippen LogP contribution in [-0.4, -0.2) is 0 Å². The summed E-state index contributed by atoms with van der Waals surface area (Å²) in [6.07, 6.45) is 7.97. The Kier molecular flexibility index (Phi) is 4.54. The van der Waals surface area contributed by atoms with Gasteiger partial charge < -0.3 is 0 Å². The van der Waals surface area contributed by atoms with E-state index in [1.54, 1.807) is 0 Å². The Hall–Kier alpha value is -0.830. The van der Waals surface area contributed by atoms with E-state index in [2.05, 4.69) is 47.4 Å². The van der Waals surface area contributed by atoms with Crippen LogP contribution in [0.1, 0.15) is 11.1 Å². The van der Waals surface area contributed by atoms with Gasteiger partial charge in [-0.25, -0.2) is 0 Å². The van der Waals surface area contributed by atoms with Gasteiger partial charge in [-0.2, -0.15) is 0 Å². The van der Waals surface area contributed by atoms with E-state index in [4.69, 9.17) is 0 Å². The van der Waals surface area contributed by atoms with E-state index in [1.165, 1.54) is 11.1 Å². The van der Waals surface area contributed by atoms with Crippen molar-refractivity contribution in [3.8, 4) is 0 Å². The molecular weight excluding hydrogens is 271 g/mol. The fourth-order valence-corrected chi connectivity index (χ4v) is 1.29. The van der Waals surface area contributed by atoms with E-state index in [0.717, 1.165) is 0 Å². The minimum absolute atomic E-state index is 1.17. The summed E-state index contributed by atoms with van der Waals surface area (Å²) < 4.78 is 1.98. The fourth-order valence-electron chi connectivity index (χ4n) is 1.05. The van der Waals surface area contributed by atoms with Gasteiger partial charge in [-0.15, -0.1) is 0 Å². The van der Waals surface area contributed by atoms with Crippen molar-refractivity contribution in [3.63, 3.8) is 0 Å². The molecule has 0 spiro atoms. The lowest BCUT2D eigenvalue weighted by Gasteiger charge is -1.97. The summed E-state index contributed by atoms with van der Waals surface area (Å²) >= 11 is 2.20. The molecule has 0 fully saturated rings. The normalized spacial score (nSPS) is 11.2. The largest absolute Gasteiger partial charge is 0.0984 e. The van der Waals surface area contributed by atoms with Crippen molar-refractivity contribution >= 4 is 34.7 Å². The quantitative estimate of drug-likeness (QED) is 0.573. The molecule has 0 unspecified atom stereocenters. The van der Waals surface area contributed by atoms with Crippen molar-refractivity contribution in [2.75, 3.05) is 0 Å². The SMILES string of the molecule is C=Cc1ccccc1/C=C\C=C\I. The molecule has 13 heavy (non-hydrogen) atoms. The monoisotopic (exact) mass is 282 g/mol. The molecule has 0 radical (unpaired) electrons.